The van der Waals surface area contributed by atoms with E-state index in [0.717, 1.165) is 49.0 Å². The Bertz CT molecular complexity index is 1220. The van der Waals surface area contributed by atoms with Crippen molar-refractivity contribution in [1.29, 1.82) is 0 Å². The van der Waals surface area contributed by atoms with E-state index in [1.54, 1.807) is 6.07 Å². The van der Waals surface area contributed by atoms with Gasteiger partial charge in [0.2, 0.25) is 5.91 Å². The summed E-state index contributed by atoms with van der Waals surface area (Å²) < 4.78 is 11.2. The molecule has 2 aromatic carbocycles. The first kappa shape index (κ1) is 23.8. The zero-order valence-electron chi connectivity index (χ0n) is 19.9. The van der Waals surface area contributed by atoms with Gasteiger partial charge in [-0.2, -0.15) is 0 Å². The number of hydrogen-bond acceptors (Lipinski definition) is 5. The maximum Gasteiger partial charge on any atom is 0.340 e. The van der Waals surface area contributed by atoms with Crippen molar-refractivity contribution >= 4 is 16.9 Å². The highest BCUT2D eigenvalue weighted by Gasteiger charge is 2.22. The number of carbonyl (C=O) groups excluding carboxylic acids is 1. The second-order valence-electron chi connectivity index (χ2n) is 9.18. The van der Waals surface area contributed by atoms with Crippen molar-refractivity contribution in [1.82, 2.24) is 10.2 Å². The molecule has 0 saturated carbocycles. The van der Waals surface area contributed by atoms with Crippen LogP contribution in [0.5, 0.6) is 5.75 Å². The summed E-state index contributed by atoms with van der Waals surface area (Å²) in [5, 5.41) is 3.92. The molecule has 0 aliphatic carbocycles. The molecule has 4 rings (SSSR count). The third-order valence-electron chi connectivity index (χ3n) is 6.28. The fourth-order valence-corrected chi connectivity index (χ4v) is 4.39. The van der Waals surface area contributed by atoms with Crippen molar-refractivity contribution < 1.29 is 13.9 Å². The van der Waals surface area contributed by atoms with Crippen LogP contribution in [-0.2, 0) is 17.8 Å². The summed E-state index contributed by atoms with van der Waals surface area (Å²) in [5.41, 5.74) is 3.36. The number of nitrogens with zero attached hydrogens (tertiary/aromatic N) is 1. The van der Waals surface area contributed by atoms with E-state index in [2.05, 4.69) is 41.1 Å². The molecule has 34 heavy (non-hydrogen) atoms. The predicted molar refractivity (Wildman–Crippen MR) is 134 cm³/mol. The van der Waals surface area contributed by atoms with Crippen LogP contribution in [0.2, 0.25) is 0 Å². The number of ether oxygens (including phenoxy) is 1. The van der Waals surface area contributed by atoms with E-state index in [4.69, 9.17) is 9.15 Å². The molecule has 6 heteroatoms. The summed E-state index contributed by atoms with van der Waals surface area (Å²) in [5.74, 6) is 0.472. The fraction of sp³-hybridized carbons (Fsp3) is 0.357. The second-order valence-corrected chi connectivity index (χ2v) is 9.18. The van der Waals surface area contributed by atoms with E-state index in [9.17, 15) is 9.59 Å². The summed E-state index contributed by atoms with van der Waals surface area (Å²) in [6, 6.07) is 16.0. The average molecular weight is 461 g/mol. The molecule has 3 aromatic rings. The quantitative estimate of drug-likeness (QED) is 0.399. The molecular weight excluding hydrogens is 428 g/mol. The maximum absolute atomic E-state index is 12.8. The minimum atomic E-state index is -0.477. The van der Waals surface area contributed by atoms with Gasteiger partial charge in [0.05, 0.1) is 12.0 Å². The van der Waals surface area contributed by atoms with E-state index in [1.807, 2.05) is 32.0 Å². The van der Waals surface area contributed by atoms with Crippen molar-refractivity contribution in [3.05, 3.63) is 87.8 Å². The highest BCUT2D eigenvalue weighted by molar-refractivity contribution is 5.85. The van der Waals surface area contributed by atoms with E-state index < -0.39 is 5.63 Å². The first-order valence-electron chi connectivity index (χ1n) is 11.8. The number of nitrogens with one attached hydrogen (secondary N) is 1. The number of amides is 1. The summed E-state index contributed by atoms with van der Waals surface area (Å²) >= 11 is 0. The first-order chi connectivity index (χ1) is 16.4. The number of fused-ring (bicyclic) bond motifs is 1. The number of benzene rings is 2. The zero-order valence-corrected chi connectivity index (χ0v) is 19.9. The van der Waals surface area contributed by atoms with Gasteiger partial charge in [-0.25, -0.2) is 4.79 Å². The lowest BCUT2D eigenvalue weighted by molar-refractivity contribution is -0.121. The maximum atomic E-state index is 12.8. The van der Waals surface area contributed by atoms with Gasteiger partial charge < -0.3 is 14.5 Å². The molecule has 1 aromatic heterocycles. The number of carbonyl (C=O) groups is 1. The van der Waals surface area contributed by atoms with Crippen LogP contribution in [0, 0.1) is 6.92 Å². The molecule has 1 fully saturated rings. The standard InChI is InChI=1S/C28H32N2O4/c1-19(2)18-33-23-9-10-24-20(3)25(28(32)34-26(24)15-23)16-27(31)29-22-11-13-30(14-12-22)17-21-7-5-4-6-8-21/h4-10,15,22H,1,11-14,16-18H2,2-3H3,(H,29,31). The van der Waals surface area contributed by atoms with Gasteiger partial charge in [-0.05, 0) is 55.5 Å². The highest BCUT2D eigenvalue weighted by Crippen LogP contribution is 2.25. The van der Waals surface area contributed by atoms with E-state index in [-0.39, 0.29) is 18.4 Å². The number of piperidine rings is 1. The van der Waals surface area contributed by atoms with Gasteiger partial charge in [0.1, 0.15) is 17.9 Å². The highest BCUT2D eigenvalue weighted by atomic mass is 16.5. The average Bonchev–Trinajstić information content (AvgIpc) is 2.82. The molecule has 2 heterocycles. The number of rotatable bonds is 8. The molecule has 1 aliphatic rings. The van der Waals surface area contributed by atoms with Crippen LogP contribution < -0.4 is 15.7 Å². The Hall–Kier alpha value is -3.38. The lowest BCUT2D eigenvalue weighted by Crippen LogP contribution is -2.45. The summed E-state index contributed by atoms with van der Waals surface area (Å²) in [6.07, 6.45) is 1.82. The van der Waals surface area contributed by atoms with Crippen molar-refractivity contribution in [2.24, 2.45) is 0 Å². The Kier molecular flexibility index (Phi) is 7.48. The molecule has 1 aliphatic heterocycles. The predicted octanol–water partition coefficient (Wildman–Crippen LogP) is 4.38. The van der Waals surface area contributed by atoms with Gasteiger partial charge in [0.15, 0.2) is 0 Å². The van der Waals surface area contributed by atoms with Crippen molar-refractivity contribution in [3.8, 4) is 5.75 Å². The van der Waals surface area contributed by atoms with Crippen LogP contribution in [0.1, 0.15) is 36.5 Å². The second kappa shape index (κ2) is 10.7. The third-order valence-corrected chi connectivity index (χ3v) is 6.28. The van der Waals surface area contributed by atoms with Crippen LogP contribution in [0.4, 0.5) is 0 Å². The van der Waals surface area contributed by atoms with E-state index >= 15 is 0 Å². The minimum Gasteiger partial charge on any atom is -0.489 e. The minimum absolute atomic E-state index is 0.0161. The molecular formula is C28H32N2O4. The third kappa shape index (κ3) is 5.94. The van der Waals surface area contributed by atoms with Gasteiger partial charge in [-0.3, -0.25) is 9.69 Å². The van der Waals surface area contributed by atoms with Crippen molar-refractivity contribution in [2.75, 3.05) is 19.7 Å². The molecule has 0 atom stereocenters. The van der Waals surface area contributed by atoms with Gasteiger partial charge in [0, 0.05) is 37.1 Å². The Balaban J connectivity index is 1.36. The molecule has 1 saturated heterocycles. The van der Waals surface area contributed by atoms with Crippen molar-refractivity contribution in [2.45, 2.75) is 45.7 Å². The molecule has 6 nitrogen and oxygen atoms in total. The molecule has 0 radical (unpaired) electrons. The molecule has 0 bridgehead atoms. The van der Waals surface area contributed by atoms with Crippen molar-refractivity contribution in [3.63, 3.8) is 0 Å². The lowest BCUT2D eigenvalue weighted by Gasteiger charge is -2.32. The van der Waals surface area contributed by atoms with Gasteiger partial charge in [-0.15, -0.1) is 0 Å². The number of aryl methyl sites for hydroxylation is 1. The van der Waals surface area contributed by atoms with E-state index in [1.165, 1.54) is 5.56 Å². The Labute approximate surface area is 200 Å². The van der Waals surface area contributed by atoms with Gasteiger partial charge >= 0.3 is 5.63 Å². The van der Waals surface area contributed by atoms with Crippen LogP contribution >= 0.6 is 0 Å². The van der Waals surface area contributed by atoms with Crippen LogP contribution in [0.15, 0.2) is 69.9 Å². The van der Waals surface area contributed by atoms with E-state index in [0.29, 0.717) is 23.5 Å². The molecule has 178 valence electrons. The van der Waals surface area contributed by atoms with Crippen LogP contribution in [0.3, 0.4) is 0 Å². The fourth-order valence-electron chi connectivity index (χ4n) is 4.39. The summed E-state index contributed by atoms with van der Waals surface area (Å²) in [6.45, 7) is 10.8. The van der Waals surface area contributed by atoms with Gasteiger partial charge in [0.25, 0.3) is 0 Å². The van der Waals surface area contributed by atoms with Gasteiger partial charge in [-0.1, -0.05) is 36.9 Å². The van der Waals surface area contributed by atoms with Crippen LogP contribution in [-0.4, -0.2) is 36.5 Å². The summed E-state index contributed by atoms with van der Waals surface area (Å²) in [7, 11) is 0. The SMILES string of the molecule is C=C(C)COc1ccc2c(C)c(CC(=O)NC3CCN(Cc4ccccc4)CC3)c(=O)oc2c1. The summed E-state index contributed by atoms with van der Waals surface area (Å²) in [4.78, 5) is 27.8. The largest absolute Gasteiger partial charge is 0.489 e. The lowest BCUT2D eigenvalue weighted by atomic mass is 10.0. The number of likely N-dealkylation sites (tertiary alicyclic amines) is 1. The Morgan fingerprint density at radius 3 is 2.62 bits per heavy atom. The monoisotopic (exact) mass is 460 g/mol. The molecule has 0 unspecified atom stereocenters. The number of hydrogen-bond donors (Lipinski definition) is 1. The first-order valence-corrected chi connectivity index (χ1v) is 11.8. The Morgan fingerprint density at radius 2 is 1.91 bits per heavy atom. The molecule has 1 N–H and O–H groups in total. The van der Waals surface area contributed by atoms with Crippen LogP contribution in [0.25, 0.3) is 11.0 Å². The smallest absolute Gasteiger partial charge is 0.340 e. The topological polar surface area (TPSA) is 71.8 Å². The normalized spacial score (nSPS) is 14.8. The molecule has 0 spiro atoms. The molecule has 1 amide bonds. The zero-order chi connectivity index (χ0) is 24.1. The Morgan fingerprint density at radius 1 is 1.18 bits per heavy atom.